The molecule has 0 aliphatic heterocycles. The van der Waals surface area contributed by atoms with Gasteiger partial charge in [-0.2, -0.15) is 20.5 Å². The number of nitrogens with one attached hydrogen (secondary N) is 1. The third kappa shape index (κ3) is 3.24. The number of anilines is 1. The monoisotopic (exact) mass is 287 g/mol. The molecule has 0 atom stereocenters. The molecule has 0 bridgehead atoms. The number of benzene rings is 1. The van der Waals surface area contributed by atoms with E-state index in [1.165, 1.54) is 11.7 Å². The quantitative estimate of drug-likeness (QED) is 0.847. The fourth-order valence-electron chi connectivity index (χ4n) is 1.47. The molecule has 0 unspecified atom stereocenters. The first-order valence-corrected chi connectivity index (χ1v) is 7.60. The van der Waals surface area contributed by atoms with E-state index < -0.39 is 0 Å². The van der Waals surface area contributed by atoms with Crippen LogP contribution in [0.5, 0.6) is 0 Å². The average molecular weight is 288 g/mol. The predicted octanol–water partition coefficient (Wildman–Crippen LogP) is 3.90. The predicted molar refractivity (Wildman–Crippen MR) is 78.5 cm³/mol. The van der Waals surface area contributed by atoms with Crippen LogP contribution in [0.4, 0.5) is 5.69 Å². The SMILES string of the molecule is CC(C)SCCNc1c(Cl)ccc2nsnc12. The smallest absolute Gasteiger partial charge is 0.129 e. The maximum absolute atomic E-state index is 6.17. The Hall–Kier alpha value is -0.520. The van der Waals surface area contributed by atoms with Crippen molar-refractivity contribution in [2.24, 2.45) is 0 Å². The topological polar surface area (TPSA) is 37.8 Å². The van der Waals surface area contributed by atoms with E-state index in [1.54, 1.807) is 0 Å². The van der Waals surface area contributed by atoms with Gasteiger partial charge >= 0.3 is 0 Å². The Kier molecular flexibility index (Phi) is 4.48. The van der Waals surface area contributed by atoms with Crippen molar-refractivity contribution < 1.29 is 0 Å². The van der Waals surface area contributed by atoms with E-state index in [-0.39, 0.29) is 0 Å². The molecule has 2 rings (SSSR count). The van der Waals surface area contributed by atoms with Crippen molar-refractivity contribution in [3.63, 3.8) is 0 Å². The minimum Gasteiger partial charge on any atom is -0.381 e. The molecule has 0 amide bonds. The minimum atomic E-state index is 0.656. The highest BCUT2D eigenvalue weighted by Gasteiger charge is 2.09. The first-order chi connectivity index (χ1) is 8.18. The van der Waals surface area contributed by atoms with Crippen molar-refractivity contribution in [1.82, 2.24) is 8.75 Å². The van der Waals surface area contributed by atoms with Crippen LogP contribution >= 0.6 is 35.1 Å². The van der Waals surface area contributed by atoms with Crippen LogP contribution in [0.15, 0.2) is 12.1 Å². The van der Waals surface area contributed by atoms with Crippen LogP contribution in [-0.4, -0.2) is 26.3 Å². The normalized spacial score (nSPS) is 11.3. The number of halogens is 1. The highest BCUT2D eigenvalue weighted by atomic mass is 35.5. The molecule has 1 aromatic heterocycles. The summed E-state index contributed by atoms with van der Waals surface area (Å²) in [6.45, 7) is 5.28. The third-order valence-corrected chi connectivity index (χ3v) is 4.20. The van der Waals surface area contributed by atoms with Crippen LogP contribution in [0.25, 0.3) is 11.0 Å². The Balaban J connectivity index is 2.06. The maximum Gasteiger partial charge on any atom is 0.129 e. The van der Waals surface area contributed by atoms with Crippen molar-refractivity contribution in [3.8, 4) is 0 Å². The van der Waals surface area contributed by atoms with Gasteiger partial charge in [-0.3, -0.25) is 0 Å². The van der Waals surface area contributed by atoms with E-state index in [2.05, 4.69) is 27.9 Å². The van der Waals surface area contributed by atoms with E-state index >= 15 is 0 Å². The van der Waals surface area contributed by atoms with Gasteiger partial charge < -0.3 is 5.32 Å². The van der Waals surface area contributed by atoms with E-state index in [9.17, 15) is 0 Å². The fourth-order valence-corrected chi connectivity index (χ4v) is 2.92. The van der Waals surface area contributed by atoms with Gasteiger partial charge in [-0.25, -0.2) is 0 Å². The lowest BCUT2D eigenvalue weighted by atomic mass is 10.2. The number of aromatic nitrogens is 2. The summed E-state index contributed by atoms with van der Waals surface area (Å²) in [5.74, 6) is 1.06. The van der Waals surface area contributed by atoms with Gasteiger partial charge in [0.2, 0.25) is 0 Å². The molecule has 1 heterocycles. The van der Waals surface area contributed by atoms with Crippen molar-refractivity contribution in [3.05, 3.63) is 17.2 Å². The Morgan fingerprint density at radius 3 is 3.00 bits per heavy atom. The summed E-state index contributed by atoms with van der Waals surface area (Å²) in [5.41, 5.74) is 2.68. The molecular formula is C11H14ClN3S2. The molecule has 0 fully saturated rings. The summed E-state index contributed by atoms with van der Waals surface area (Å²) < 4.78 is 8.47. The Bertz CT molecular complexity index is 498. The number of rotatable bonds is 5. The zero-order valence-electron chi connectivity index (χ0n) is 9.74. The first-order valence-electron chi connectivity index (χ1n) is 5.44. The molecule has 3 nitrogen and oxygen atoms in total. The summed E-state index contributed by atoms with van der Waals surface area (Å²) in [4.78, 5) is 0. The Morgan fingerprint density at radius 2 is 2.24 bits per heavy atom. The molecule has 92 valence electrons. The fraction of sp³-hybridized carbons (Fsp3) is 0.455. The van der Waals surface area contributed by atoms with Gasteiger partial charge in [0.15, 0.2) is 0 Å². The second-order valence-corrected chi connectivity index (χ2v) is 6.52. The molecule has 0 aliphatic carbocycles. The van der Waals surface area contributed by atoms with Crippen LogP contribution in [0, 0.1) is 0 Å². The Labute approximate surface area is 114 Å². The zero-order chi connectivity index (χ0) is 12.3. The summed E-state index contributed by atoms with van der Waals surface area (Å²) in [7, 11) is 0. The van der Waals surface area contributed by atoms with E-state index in [0.717, 1.165) is 29.0 Å². The van der Waals surface area contributed by atoms with Crippen LogP contribution < -0.4 is 5.32 Å². The second kappa shape index (κ2) is 5.89. The second-order valence-electron chi connectivity index (χ2n) is 3.90. The van der Waals surface area contributed by atoms with Crippen molar-refractivity contribution in [2.45, 2.75) is 19.1 Å². The van der Waals surface area contributed by atoms with Crippen molar-refractivity contribution in [1.29, 1.82) is 0 Å². The number of hydrogen-bond acceptors (Lipinski definition) is 5. The molecule has 2 aromatic rings. The molecular weight excluding hydrogens is 274 g/mol. The molecule has 0 radical (unpaired) electrons. The van der Waals surface area contributed by atoms with E-state index in [1.807, 2.05) is 23.9 Å². The largest absolute Gasteiger partial charge is 0.381 e. The van der Waals surface area contributed by atoms with E-state index in [0.29, 0.717) is 10.3 Å². The summed E-state index contributed by atoms with van der Waals surface area (Å²) >= 11 is 9.31. The lowest BCUT2D eigenvalue weighted by Crippen LogP contribution is -2.06. The first kappa shape index (κ1) is 12.9. The Morgan fingerprint density at radius 1 is 1.41 bits per heavy atom. The van der Waals surface area contributed by atoms with Gasteiger partial charge in [0.1, 0.15) is 11.0 Å². The summed E-state index contributed by atoms with van der Waals surface area (Å²) in [6.07, 6.45) is 0. The molecule has 0 saturated heterocycles. The molecule has 6 heteroatoms. The van der Waals surface area contributed by atoms with Crippen molar-refractivity contribution >= 4 is 51.8 Å². The summed E-state index contributed by atoms with van der Waals surface area (Å²) in [6, 6.07) is 3.76. The lowest BCUT2D eigenvalue weighted by Gasteiger charge is -2.09. The van der Waals surface area contributed by atoms with Crippen LogP contribution in [0.3, 0.4) is 0 Å². The number of nitrogens with zero attached hydrogens (tertiary/aromatic N) is 2. The minimum absolute atomic E-state index is 0.656. The van der Waals surface area contributed by atoms with Gasteiger partial charge in [-0.1, -0.05) is 25.4 Å². The van der Waals surface area contributed by atoms with Crippen LogP contribution in [0.2, 0.25) is 5.02 Å². The maximum atomic E-state index is 6.17. The van der Waals surface area contributed by atoms with Crippen molar-refractivity contribution in [2.75, 3.05) is 17.6 Å². The zero-order valence-corrected chi connectivity index (χ0v) is 12.1. The lowest BCUT2D eigenvalue weighted by molar-refractivity contribution is 1.10. The standard InChI is InChI=1S/C11H14ClN3S2/c1-7(2)16-6-5-13-10-8(12)3-4-9-11(10)15-17-14-9/h3-4,7,13H,5-6H2,1-2H3. The van der Waals surface area contributed by atoms with E-state index in [4.69, 9.17) is 11.6 Å². The number of fused-ring (bicyclic) bond motifs is 1. The number of thioether (sulfide) groups is 1. The summed E-state index contributed by atoms with van der Waals surface area (Å²) in [5, 5.41) is 4.71. The number of hydrogen-bond donors (Lipinski definition) is 1. The van der Waals surface area contributed by atoms with Crippen LogP contribution in [0.1, 0.15) is 13.8 Å². The third-order valence-electron chi connectivity index (χ3n) is 2.23. The molecule has 0 aliphatic rings. The van der Waals surface area contributed by atoms with Gasteiger partial charge in [0.05, 0.1) is 22.4 Å². The average Bonchev–Trinajstić information content (AvgIpc) is 2.74. The molecule has 0 saturated carbocycles. The molecule has 0 spiro atoms. The molecule has 17 heavy (non-hydrogen) atoms. The van der Waals surface area contributed by atoms with Gasteiger partial charge in [-0.15, -0.1) is 0 Å². The molecule has 1 aromatic carbocycles. The van der Waals surface area contributed by atoms with Gasteiger partial charge in [0.25, 0.3) is 0 Å². The van der Waals surface area contributed by atoms with Gasteiger partial charge in [0, 0.05) is 12.3 Å². The van der Waals surface area contributed by atoms with Gasteiger partial charge in [-0.05, 0) is 17.4 Å². The highest BCUT2D eigenvalue weighted by molar-refractivity contribution is 7.99. The van der Waals surface area contributed by atoms with Crippen LogP contribution in [-0.2, 0) is 0 Å². The molecule has 1 N–H and O–H groups in total. The highest BCUT2D eigenvalue weighted by Crippen LogP contribution is 2.29.